The molecule has 4 heteroatoms. The average molecular weight is 485 g/mol. The van der Waals surface area contributed by atoms with E-state index >= 15 is 0 Å². The lowest BCUT2D eigenvalue weighted by Gasteiger charge is -2.50. The number of aromatic nitrogens is 3. The van der Waals surface area contributed by atoms with E-state index in [2.05, 4.69) is 44.2 Å². The van der Waals surface area contributed by atoms with Crippen LogP contribution in [0.25, 0.3) is 34.2 Å². The molecule has 4 aromatic rings. The second-order valence-corrected chi connectivity index (χ2v) is 11.4. The molecule has 0 radical (unpaired) electrons. The summed E-state index contributed by atoms with van der Waals surface area (Å²) in [5, 5.41) is 9.40. The van der Waals surface area contributed by atoms with Gasteiger partial charge in [0.05, 0.1) is 11.6 Å². The maximum absolute atomic E-state index is 9.40. The van der Waals surface area contributed by atoms with E-state index < -0.39 is 0 Å². The lowest BCUT2D eigenvalue weighted by atomic mass is 9.54. The maximum atomic E-state index is 9.40. The predicted octanol–water partition coefficient (Wildman–Crippen LogP) is 7.85. The fraction of sp³-hybridized carbons (Fsp3) is 0.333. The summed E-state index contributed by atoms with van der Waals surface area (Å²) in [4.78, 5) is 14.5. The third-order valence-electron chi connectivity index (χ3n) is 8.30. The van der Waals surface area contributed by atoms with Crippen molar-refractivity contribution < 1.29 is 0 Å². The van der Waals surface area contributed by atoms with E-state index in [9.17, 15) is 5.26 Å². The minimum absolute atomic E-state index is 0.301. The molecule has 37 heavy (non-hydrogen) atoms. The van der Waals surface area contributed by atoms with Crippen LogP contribution >= 0.6 is 0 Å². The molecule has 2 aliphatic carbocycles. The normalized spacial score (nSPS) is 24.8. The van der Waals surface area contributed by atoms with Gasteiger partial charge in [-0.2, -0.15) is 5.26 Å². The molecule has 0 aliphatic heterocycles. The van der Waals surface area contributed by atoms with Crippen molar-refractivity contribution >= 4 is 0 Å². The summed E-state index contributed by atoms with van der Waals surface area (Å²) < 4.78 is 0. The Morgan fingerprint density at radius 2 is 1.24 bits per heavy atom. The second kappa shape index (κ2) is 9.56. The van der Waals surface area contributed by atoms with Crippen molar-refractivity contribution in [2.24, 2.45) is 17.8 Å². The number of benzene rings is 3. The van der Waals surface area contributed by atoms with Crippen LogP contribution in [0.3, 0.4) is 0 Å². The van der Waals surface area contributed by atoms with Gasteiger partial charge < -0.3 is 0 Å². The Hall–Kier alpha value is -3.84. The van der Waals surface area contributed by atoms with Crippen LogP contribution in [-0.2, 0) is 5.41 Å². The van der Waals surface area contributed by atoms with Crippen molar-refractivity contribution in [1.29, 1.82) is 5.26 Å². The molecule has 1 aromatic heterocycles. The third-order valence-corrected chi connectivity index (χ3v) is 8.30. The molecule has 0 spiro atoms. The van der Waals surface area contributed by atoms with Crippen molar-refractivity contribution in [1.82, 2.24) is 15.0 Å². The maximum Gasteiger partial charge on any atom is 0.164 e. The van der Waals surface area contributed by atoms with Gasteiger partial charge in [0.2, 0.25) is 0 Å². The van der Waals surface area contributed by atoms with E-state index in [1.54, 1.807) is 6.07 Å². The molecule has 4 nitrogen and oxygen atoms in total. The third kappa shape index (κ3) is 4.67. The van der Waals surface area contributed by atoms with Crippen LogP contribution < -0.4 is 0 Å². The Kier molecular flexibility index (Phi) is 6.08. The molecule has 1 heterocycles. The van der Waals surface area contributed by atoms with Crippen molar-refractivity contribution in [3.8, 4) is 40.2 Å². The fourth-order valence-corrected chi connectivity index (χ4v) is 7.11. The topological polar surface area (TPSA) is 62.5 Å². The molecule has 6 rings (SSSR count). The summed E-state index contributed by atoms with van der Waals surface area (Å²) in [6, 6.07) is 28.7. The Bertz CT molecular complexity index is 1430. The molecular weight excluding hydrogens is 452 g/mol. The fourth-order valence-electron chi connectivity index (χ4n) is 7.11. The number of hydrogen-bond acceptors (Lipinski definition) is 4. The van der Waals surface area contributed by atoms with Gasteiger partial charge in [-0.05, 0) is 73.0 Å². The molecule has 2 aliphatic rings. The van der Waals surface area contributed by atoms with E-state index in [0.717, 1.165) is 34.4 Å². The average Bonchev–Trinajstić information content (AvgIpc) is 2.92. The van der Waals surface area contributed by atoms with Crippen molar-refractivity contribution in [2.75, 3.05) is 0 Å². The van der Waals surface area contributed by atoms with Gasteiger partial charge in [0.25, 0.3) is 0 Å². The van der Waals surface area contributed by atoms with Gasteiger partial charge in [0, 0.05) is 16.7 Å². The summed E-state index contributed by atoms with van der Waals surface area (Å²) in [5.41, 5.74) is 5.10. The summed E-state index contributed by atoms with van der Waals surface area (Å²) in [5.74, 6) is 4.30. The molecule has 0 saturated heterocycles. The first-order chi connectivity index (χ1) is 18.0. The molecule has 2 fully saturated rings. The number of hydrogen-bond donors (Lipinski definition) is 0. The number of nitrogens with zero attached hydrogens (tertiary/aromatic N) is 4. The lowest BCUT2D eigenvalue weighted by Crippen LogP contribution is -2.42. The lowest BCUT2D eigenvalue weighted by molar-refractivity contribution is 0.0780. The summed E-state index contributed by atoms with van der Waals surface area (Å²) >= 11 is 0. The van der Waals surface area contributed by atoms with Gasteiger partial charge in [-0.3, -0.25) is 0 Å². The molecule has 2 unspecified atom stereocenters. The quantitative estimate of drug-likeness (QED) is 0.296. The van der Waals surface area contributed by atoms with E-state index in [0.29, 0.717) is 28.5 Å². The number of rotatable bonds is 4. The predicted molar refractivity (Wildman–Crippen MR) is 147 cm³/mol. The van der Waals surface area contributed by atoms with Gasteiger partial charge in [-0.25, -0.2) is 15.0 Å². The molecule has 4 atom stereocenters. The van der Waals surface area contributed by atoms with E-state index in [1.807, 2.05) is 48.5 Å². The van der Waals surface area contributed by atoms with Crippen LogP contribution in [0, 0.1) is 29.1 Å². The Morgan fingerprint density at radius 1 is 0.676 bits per heavy atom. The Morgan fingerprint density at radius 3 is 1.86 bits per heavy atom. The first-order valence-corrected chi connectivity index (χ1v) is 13.4. The largest absolute Gasteiger partial charge is 0.208 e. The van der Waals surface area contributed by atoms with Gasteiger partial charge in [0.15, 0.2) is 17.5 Å². The highest BCUT2D eigenvalue weighted by molar-refractivity contribution is 5.67. The minimum atomic E-state index is 0.301. The highest BCUT2D eigenvalue weighted by Crippen LogP contribution is 2.54. The molecular formula is C33H32N4. The van der Waals surface area contributed by atoms with Crippen LogP contribution in [0.4, 0.5) is 0 Å². The standard InChI is InChI=1S/C33H32N4/c1-22-15-25-16-23(2)19-33(18-22,20-25)29-13-11-27(12-14-29)31-35-30(26-8-4-3-5-9-26)36-32(37-31)28-10-6-7-24(17-28)21-34/h3-14,17,22-23,25H,15-16,18-20H2,1-2H3/t22-,23+,25?,33?. The molecule has 0 amide bonds. The van der Waals surface area contributed by atoms with Crippen molar-refractivity contribution in [2.45, 2.75) is 51.4 Å². The van der Waals surface area contributed by atoms with Crippen LogP contribution in [0.15, 0.2) is 78.9 Å². The number of fused-ring (bicyclic) bond motifs is 2. The molecule has 184 valence electrons. The minimum Gasteiger partial charge on any atom is -0.208 e. The van der Waals surface area contributed by atoms with Gasteiger partial charge in [-0.1, -0.05) is 80.6 Å². The summed E-state index contributed by atoms with van der Waals surface area (Å²) in [7, 11) is 0. The Labute approximate surface area is 219 Å². The van der Waals surface area contributed by atoms with E-state index in [4.69, 9.17) is 15.0 Å². The summed E-state index contributed by atoms with van der Waals surface area (Å²) in [6.07, 6.45) is 6.66. The van der Waals surface area contributed by atoms with E-state index in [-0.39, 0.29) is 0 Å². The monoisotopic (exact) mass is 484 g/mol. The molecule has 3 aromatic carbocycles. The zero-order valence-corrected chi connectivity index (χ0v) is 21.6. The van der Waals surface area contributed by atoms with Gasteiger partial charge in [-0.15, -0.1) is 0 Å². The first kappa shape index (κ1) is 23.6. The number of nitriles is 1. The van der Waals surface area contributed by atoms with Crippen LogP contribution in [0.5, 0.6) is 0 Å². The zero-order chi connectivity index (χ0) is 25.4. The van der Waals surface area contributed by atoms with Crippen LogP contribution in [0.1, 0.15) is 57.1 Å². The van der Waals surface area contributed by atoms with Gasteiger partial charge in [0.1, 0.15) is 0 Å². The molecule has 2 bridgehead atoms. The van der Waals surface area contributed by atoms with E-state index in [1.165, 1.54) is 37.7 Å². The summed E-state index contributed by atoms with van der Waals surface area (Å²) in [6.45, 7) is 4.87. The van der Waals surface area contributed by atoms with Gasteiger partial charge >= 0.3 is 0 Å². The van der Waals surface area contributed by atoms with Crippen LogP contribution in [0.2, 0.25) is 0 Å². The first-order valence-electron chi connectivity index (χ1n) is 13.4. The smallest absolute Gasteiger partial charge is 0.164 e. The molecule has 0 N–H and O–H groups in total. The molecule has 2 saturated carbocycles. The highest BCUT2D eigenvalue weighted by atomic mass is 15.0. The zero-order valence-electron chi connectivity index (χ0n) is 21.6. The second-order valence-electron chi connectivity index (χ2n) is 11.4. The Balaban J connectivity index is 1.41. The van der Waals surface area contributed by atoms with Crippen molar-refractivity contribution in [3.63, 3.8) is 0 Å². The SMILES string of the molecule is C[C@@H]1CC2C[C@H](C)CC(c3ccc(-c4nc(-c5ccccc5)nc(-c5cccc(C#N)c5)n4)cc3)(C2)C1. The highest BCUT2D eigenvalue weighted by Gasteiger charge is 2.45. The van der Waals surface area contributed by atoms with Crippen LogP contribution in [-0.4, -0.2) is 15.0 Å². The van der Waals surface area contributed by atoms with Crippen molar-refractivity contribution in [3.05, 3.63) is 90.0 Å².